The summed E-state index contributed by atoms with van der Waals surface area (Å²) in [5.41, 5.74) is 2.77. The molecule has 0 aromatic heterocycles. The minimum Gasteiger partial charge on any atom is -0.642 e. The zero-order valence-corrected chi connectivity index (χ0v) is 16.4. The number of benzene rings is 1. The van der Waals surface area contributed by atoms with Gasteiger partial charge in [-0.1, -0.05) is 89.1 Å². The minimum atomic E-state index is -1.20. The van der Waals surface area contributed by atoms with E-state index in [9.17, 15) is 0 Å². The van der Waals surface area contributed by atoms with Crippen molar-refractivity contribution in [3.05, 3.63) is 29.3 Å². The zero-order chi connectivity index (χ0) is 16.2. The molecule has 1 rings (SSSR count). The summed E-state index contributed by atoms with van der Waals surface area (Å²) in [6.45, 7) is 18.2. The van der Waals surface area contributed by atoms with Crippen LogP contribution in [0.15, 0.2) is 18.2 Å². The highest BCUT2D eigenvalue weighted by atomic mass is 27.2. The maximum Gasteiger partial charge on any atom is 0.547 e. The summed E-state index contributed by atoms with van der Waals surface area (Å²) in [5, 5.41) is 2.52. The number of hydrogen-bond donors (Lipinski definition) is 0. The summed E-state index contributed by atoms with van der Waals surface area (Å²) < 4.78 is 6.66. The van der Waals surface area contributed by atoms with Crippen molar-refractivity contribution in [1.82, 2.24) is 0 Å². The molecule has 1 aromatic carbocycles. The van der Waals surface area contributed by atoms with Crippen LogP contribution < -0.4 is 3.79 Å². The fourth-order valence-electron chi connectivity index (χ4n) is 2.81. The topological polar surface area (TPSA) is 9.23 Å². The normalized spacial score (nSPS) is 12.1. The molecule has 0 aliphatic rings. The smallest absolute Gasteiger partial charge is 0.547 e. The van der Waals surface area contributed by atoms with Gasteiger partial charge in [-0.15, -0.1) is 0 Å². The number of rotatable bonds is 6. The van der Waals surface area contributed by atoms with Crippen LogP contribution >= 0.6 is 0 Å². The SMILES string of the molecule is Cc1cccc(C(C)(C)C)c1[O][Al]([CH2]C(C)C)[CH2]C(C)C. The number of para-hydroxylation sites is 1. The number of aryl methyl sites for hydroxylation is 1. The van der Waals surface area contributed by atoms with Crippen LogP contribution in [-0.2, 0) is 5.41 Å². The fraction of sp³-hybridized carbons (Fsp3) is 0.684. The van der Waals surface area contributed by atoms with Crippen molar-refractivity contribution >= 4 is 14.5 Å². The van der Waals surface area contributed by atoms with E-state index in [0.29, 0.717) is 0 Å². The summed E-state index contributed by atoms with van der Waals surface area (Å²) in [7, 11) is 0. The van der Waals surface area contributed by atoms with Gasteiger partial charge in [0.1, 0.15) is 0 Å². The molecule has 0 aliphatic heterocycles. The van der Waals surface area contributed by atoms with Crippen molar-refractivity contribution in [1.29, 1.82) is 0 Å². The molecule has 118 valence electrons. The van der Waals surface area contributed by atoms with Gasteiger partial charge in [-0.25, -0.2) is 0 Å². The molecule has 21 heavy (non-hydrogen) atoms. The van der Waals surface area contributed by atoms with Crippen LogP contribution in [0.1, 0.15) is 59.6 Å². The second-order valence-electron chi connectivity index (χ2n) is 8.20. The van der Waals surface area contributed by atoms with Gasteiger partial charge in [0, 0.05) is 0 Å². The Balaban J connectivity index is 3.07. The molecule has 0 N–H and O–H groups in total. The predicted molar refractivity (Wildman–Crippen MR) is 95.6 cm³/mol. The molecule has 0 saturated carbocycles. The lowest BCUT2D eigenvalue weighted by atomic mass is 9.85. The molecule has 0 unspecified atom stereocenters. The quantitative estimate of drug-likeness (QED) is 0.588. The monoisotopic (exact) mass is 304 g/mol. The van der Waals surface area contributed by atoms with Crippen LogP contribution in [-0.4, -0.2) is 14.5 Å². The van der Waals surface area contributed by atoms with Gasteiger partial charge in [0.05, 0.1) is 5.75 Å². The van der Waals surface area contributed by atoms with Gasteiger partial charge in [0.25, 0.3) is 0 Å². The van der Waals surface area contributed by atoms with E-state index in [-0.39, 0.29) is 5.41 Å². The maximum absolute atomic E-state index is 6.66. The van der Waals surface area contributed by atoms with Crippen LogP contribution in [0, 0.1) is 18.8 Å². The lowest BCUT2D eigenvalue weighted by molar-refractivity contribution is 0.491. The molecule has 1 aromatic rings. The summed E-state index contributed by atoms with van der Waals surface area (Å²) in [4.78, 5) is 0. The lowest BCUT2D eigenvalue weighted by Gasteiger charge is -2.28. The van der Waals surface area contributed by atoms with Gasteiger partial charge in [0.15, 0.2) is 0 Å². The second kappa shape index (κ2) is 7.71. The Morgan fingerprint density at radius 1 is 1.00 bits per heavy atom. The Morgan fingerprint density at radius 3 is 1.95 bits per heavy atom. The molecule has 0 saturated heterocycles. The van der Waals surface area contributed by atoms with E-state index in [4.69, 9.17) is 3.79 Å². The van der Waals surface area contributed by atoms with Crippen LogP contribution in [0.4, 0.5) is 0 Å². The third-order valence-electron chi connectivity index (χ3n) is 3.77. The fourth-order valence-corrected chi connectivity index (χ4v) is 5.94. The van der Waals surface area contributed by atoms with E-state index in [1.54, 1.807) is 0 Å². The van der Waals surface area contributed by atoms with Crippen LogP contribution in [0.3, 0.4) is 0 Å². The summed E-state index contributed by atoms with van der Waals surface area (Å²) in [6, 6.07) is 6.57. The van der Waals surface area contributed by atoms with Crippen molar-refractivity contribution in [3.8, 4) is 5.75 Å². The van der Waals surface area contributed by atoms with E-state index in [1.165, 1.54) is 27.4 Å². The first-order valence-corrected chi connectivity index (χ1v) is 10.5. The highest BCUT2D eigenvalue weighted by molar-refractivity contribution is 6.52. The van der Waals surface area contributed by atoms with Gasteiger partial charge in [-0.05, 0) is 23.5 Å². The molecular formula is C19H33AlO. The number of hydrogen-bond acceptors (Lipinski definition) is 1. The highest BCUT2D eigenvalue weighted by Gasteiger charge is 2.29. The van der Waals surface area contributed by atoms with Gasteiger partial charge in [-0.2, -0.15) is 0 Å². The van der Waals surface area contributed by atoms with Crippen LogP contribution in [0.25, 0.3) is 0 Å². The van der Waals surface area contributed by atoms with E-state index >= 15 is 0 Å². The first kappa shape index (κ1) is 18.6. The molecule has 2 heteroatoms. The largest absolute Gasteiger partial charge is 0.642 e. The van der Waals surface area contributed by atoms with Gasteiger partial charge in [-0.3, -0.25) is 0 Å². The molecule has 0 spiro atoms. The standard InChI is InChI=1S/C11H16O.2C4H9.Al/c1-8-6-5-7-9(10(8)12)11(2,3)4;2*1-4(2)3;/h5-7,12H,1-4H3;2*4H,1H2,2-3H3;/q;;;+1/p-1. The van der Waals surface area contributed by atoms with E-state index in [0.717, 1.165) is 11.8 Å². The third-order valence-corrected chi connectivity index (χ3v) is 7.28. The Hall–Kier alpha value is -0.448. The van der Waals surface area contributed by atoms with Gasteiger partial charge >= 0.3 is 14.5 Å². The summed E-state index contributed by atoms with van der Waals surface area (Å²) in [6.07, 6.45) is 0. The Labute approximate surface area is 136 Å². The summed E-state index contributed by atoms with van der Waals surface area (Å²) in [5.74, 6) is 2.62. The molecule has 0 aliphatic carbocycles. The molecule has 0 radical (unpaired) electrons. The molecule has 0 heterocycles. The third kappa shape index (κ3) is 6.05. The highest BCUT2D eigenvalue weighted by Crippen LogP contribution is 2.35. The van der Waals surface area contributed by atoms with E-state index in [2.05, 4.69) is 73.6 Å². The molecule has 0 atom stereocenters. The Morgan fingerprint density at radius 2 is 1.52 bits per heavy atom. The lowest BCUT2D eigenvalue weighted by Crippen LogP contribution is -2.27. The average molecular weight is 304 g/mol. The van der Waals surface area contributed by atoms with Crippen molar-refractivity contribution in [2.75, 3.05) is 0 Å². The van der Waals surface area contributed by atoms with Crippen molar-refractivity contribution in [2.24, 2.45) is 11.8 Å². The molecule has 0 amide bonds. The van der Waals surface area contributed by atoms with E-state index < -0.39 is 14.5 Å². The summed E-state index contributed by atoms with van der Waals surface area (Å²) >= 11 is -1.20. The average Bonchev–Trinajstić information content (AvgIpc) is 2.28. The van der Waals surface area contributed by atoms with Gasteiger partial charge < -0.3 is 3.79 Å². The van der Waals surface area contributed by atoms with Crippen molar-refractivity contribution in [2.45, 2.75) is 71.4 Å². The van der Waals surface area contributed by atoms with Gasteiger partial charge in [0.2, 0.25) is 0 Å². The second-order valence-corrected chi connectivity index (χ2v) is 10.6. The van der Waals surface area contributed by atoms with Crippen molar-refractivity contribution in [3.63, 3.8) is 0 Å². The molecule has 1 nitrogen and oxygen atoms in total. The van der Waals surface area contributed by atoms with E-state index in [1.807, 2.05) is 0 Å². The zero-order valence-electron chi connectivity index (χ0n) is 15.3. The minimum absolute atomic E-state index is 0.135. The predicted octanol–water partition coefficient (Wildman–Crippen LogP) is 5.97. The Bertz CT molecular complexity index is 433. The molecule has 0 bridgehead atoms. The van der Waals surface area contributed by atoms with Crippen LogP contribution in [0.2, 0.25) is 10.6 Å². The maximum atomic E-state index is 6.66. The molecular weight excluding hydrogens is 271 g/mol. The Kier molecular flexibility index (Phi) is 6.83. The first-order valence-electron chi connectivity index (χ1n) is 8.38. The van der Waals surface area contributed by atoms with Crippen molar-refractivity contribution < 1.29 is 3.79 Å². The van der Waals surface area contributed by atoms with Crippen LogP contribution in [0.5, 0.6) is 5.75 Å². The molecule has 0 fully saturated rings. The first-order chi connectivity index (χ1) is 9.61.